The van der Waals surface area contributed by atoms with Crippen LogP contribution in [0.1, 0.15) is 34.0 Å². The van der Waals surface area contributed by atoms with Crippen molar-refractivity contribution in [2.24, 2.45) is 0 Å². The second-order valence-electron chi connectivity index (χ2n) is 6.76. The number of carbonyl (C=O) groups is 2. The molecule has 3 aromatic rings. The van der Waals surface area contributed by atoms with Gasteiger partial charge in [0, 0.05) is 20.7 Å². The number of halogens is 2. The average molecular weight is 522 g/mol. The Morgan fingerprint density at radius 3 is 2.83 bits per heavy atom. The molecule has 1 aromatic heterocycles. The maximum Gasteiger partial charge on any atom is 0.291 e. The number of rotatable bonds is 4. The zero-order valence-corrected chi connectivity index (χ0v) is 18.1. The molecule has 1 aliphatic rings. The highest BCUT2D eigenvalue weighted by Crippen LogP contribution is 2.25. The highest BCUT2D eigenvalue weighted by molar-refractivity contribution is 14.1. The van der Waals surface area contributed by atoms with Crippen LogP contribution in [0.15, 0.2) is 42.5 Å². The molecule has 4 rings (SSSR count). The molecule has 148 valence electrons. The zero-order chi connectivity index (χ0) is 20.4. The monoisotopic (exact) mass is 521 g/mol. The molecule has 1 aliphatic heterocycles. The van der Waals surface area contributed by atoms with E-state index in [1.807, 2.05) is 30.3 Å². The first kappa shape index (κ1) is 19.8. The van der Waals surface area contributed by atoms with Crippen LogP contribution in [0.3, 0.4) is 0 Å². The summed E-state index contributed by atoms with van der Waals surface area (Å²) in [6, 6.07) is 12.7. The van der Waals surface area contributed by atoms with Gasteiger partial charge in [-0.15, -0.1) is 5.10 Å². The molecule has 0 radical (unpaired) electrons. The predicted molar refractivity (Wildman–Crippen MR) is 118 cm³/mol. The second-order valence-corrected chi connectivity index (χ2v) is 8.45. The molecule has 0 saturated heterocycles. The summed E-state index contributed by atoms with van der Waals surface area (Å²) in [5.74, 6) is -0.167. The van der Waals surface area contributed by atoms with Crippen LogP contribution in [0.2, 0.25) is 5.02 Å². The molecule has 0 aliphatic carbocycles. The first-order valence-corrected chi connectivity index (χ1v) is 10.5. The minimum absolute atomic E-state index is 0.0168. The number of benzene rings is 2. The second kappa shape index (κ2) is 8.50. The quantitative estimate of drug-likeness (QED) is 0.459. The van der Waals surface area contributed by atoms with Crippen molar-refractivity contribution in [1.82, 2.24) is 20.5 Å². The Balaban J connectivity index is 1.41. The summed E-state index contributed by atoms with van der Waals surface area (Å²) in [6.45, 7) is 0. The zero-order valence-electron chi connectivity index (χ0n) is 15.2. The Labute approximate surface area is 185 Å². The van der Waals surface area contributed by atoms with Crippen molar-refractivity contribution in [2.75, 3.05) is 5.32 Å². The molecule has 29 heavy (non-hydrogen) atoms. The number of aromatic nitrogens is 3. The van der Waals surface area contributed by atoms with Crippen molar-refractivity contribution in [1.29, 1.82) is 0 Å². The van der Waals surface area contributed by atoms with E-state index < -0.39 is 11.9 Å². The summed E-state index contributed by atoms with van der Waals surface area (Å²) in [5, 5.41) is 12.9. The predicted octanol–water partition coefficient (Wildman–Crippen LogP) is 3.34. The van der Waals surface area contributed by atoms with Crippen molar-refractivity contribution in [3.8, 4) is 0 Å². The number of hydrogen-bond donors (Lipinski definition) is 3. The van der Waals surface area contributed by atoms with Crippen LogP contribution in [0, 0.1) is 3.57 Å². The van der Waals surface area contributed by atoms with Gasteiger partial charge in [0.05, 0.1) is 0 Å². The maximum absolute atomic E-state index is 12.5. The van der Waals surface area contributed by atoms with E-state index in [0.717, 1.165) is 14.7 Å². The number of fused-ring (bicyclic) bond motifs is 1. The Bertz CT molecular complexity index is 1070. The minimum Gasteiger partial charge on any atom is -0.337 e. The van der Waals surface area contributed by atoms with E-state index in [0.29, 0.717) is 35.8 Å². The number of amides is 2. The third-order valence-corrected chi connectivity index (χ3v) is 5.63. The van der Waals surface area contributed by atoms with Crippen molar-refractivity contribution >= 4 is 51.7 Å². The largest absolute Gasteiger partial charge is 0.337 e. The summed E-state index contributed by atoms with van der Waals surface area (Å²) >= 11 is 8.25. The lowest BCUT2D eigenvalue weighted by molar-refractivity contribution is -0.118. The van der Waals surface area contributed by atoms with Crippen LogP contribution >= 0.6 is 34.2 Å². The lowest BCUT2D eigenvalue weighted by atomic mass is 10.1. The van der Waals surface area contributed by atoms with Crippen LogP contribution in [0.4, 0.5) is 5.69 Å². The highest BCUT2D eigenvalue weighted by Gasteiger charge is 2.27. The average Bonchev–Trinajstić information content (AvgIpc) is 3.10. The first-order valence-electron chi connectivity index (χ1n) is 9.04. The van der Waals surface area contributed by atoms with E-state index in [1.54, 1.807) is 12.1 Å². The topological polar surface area (TPSA) is 99.8 Å². The van der Waals surface area contributed by atoms with Crippen molar-refractivity contribution in [3.05, 3.63) is 73.8 Å². The molecule has 3 N–H and O–H groups in total. The molecule has 0 spiro atoms. The van der Waals surface area contributed by atoms with Gasteiger partial charge in [-0.3, -0.25) is 14.7 Å². The smallest absolute Gasteiger partial charge is 0.291 e. The van der Waals surface area contributed by atoms with Gasteiger partial charge in [-0.05, 0) is 70.8 Å². The Hall–Kier alpha value is -2.46. The Morgan fingerprint density at radius 2 is 2.03 bits per heavy atom. The Kier molecular flexibility index (Phi) is 5.81. The van der Waals surface area contributed by atoms with Crippen LogP contribution in [0.25, 0.3) is 0 Å². The van der Waals surface area contributed by atoms with Gasteiger partial charge in [-0.25, -0.2) is 4.98 Å². The third kappa shape index (κ3) is 4.76. The first-order chi connectivity index (χ1) is 14.0. The fourth-order valence-electron chi connectivity index (χ4n) is 3.17. The molecule has 7 nitrogen and oxygen atoms in total. The fraction of sp³-hybridized carbons (Fsp3) is 0.200. The lowest BCUT2D eigenvalue weighted by Crippen LogP contribution is -2.43. The number of hydrogen-bond acceptors (Lipinski definition) is 4. The summed E-state index contributed by atoms with van der Waals surface area (Å²) in [6.07, 6.45) is 1.66. The minimum atomic E-state index is -0.674. The molecule has 0 bridgehead atoms. The molecular weight excluding hydrogens is 505 g/mol. The SMILES string of the molecule is O=C(N[C@H]1CCc2ccc(Cl)cc2NC1=O)c1n[nH]c(Cc2ccc(I)cc2)n1. The Morgan fingerprint density at radius 1 is 1.24 bits per heavy atom. The van der Waals surface area contributed by atoms with Crippen LogP contribution in [-0.2, 0) is 17.6 Å². The van der Waals surface area contributed by atoms with Gasteiger partial charge in [-0.2, -0.15) is 0 Å². The van der Waals surface area contributed by atoms with Crippen molar-refractivity contribution in [3.63, 3.8) is 0 Å². The van der Waals surface area contributed by atoms with Gasteiger partial charge in [0.1, 0.15) is 11.9 Å². The number of carbonyl (C=O) groups excluding carboxylic acids is 2. The standard InChI is InChI=1S/C20H17ClIN5O2/c21-13-5-3-12-4-8-15(19(28)24-16(12)10-13)23-20(29)18-25-17(26-27-18)9-11-1-6-14(22)7-2-11/h1-3,5-7,10,15H,4,8-9H2,(H,23,29)(H,24,28)(H,25,26,27)/t15-/m0/s1. The van der Waals surface area contributed by atoms with Crippen molar-refractivity contribution in [2.45, 2.75) is 25.3 Å². The molecule has 1 atom stereocenters. The number of nitrogens with one attached hydrogen (secondary N) is 3. The summed E-state index contributed by atoms with van der Waals surface area (Å²) in [5.41, 5.74) is 2.72. The van der Waals surface area contributed by atoms with Gasteiger partial charge in [-0.1, -0.05) is 29.8 Å². The van der Waals surface area contributed by atoms with Crippen LogP contribution < -0.4 is 10.6 Å². The van der Waals surface area contributed by atoms with E-state index in [-0.39, 0.29) is 11.7 Å². The number of aryl methyl sites for hydroxylation is 1. The number of anilines is 1. The molecule has 2 heterocycles. The molecule has 9 heteroatoms. The molecule has 0 fully saturated rings. The third-order valence-electron chi connectivity index (χ3n) is 4.67. The van der Waals surface area contributed by atoms with E-state index in [1.165, 1.54) is 0 Å². The number of H-pyrrole nitrogens is 1. The van der Waals surface area contributed by atoms with Gasteiger partial charge in [0.25, 0.3) is 5.91 Å². The van der Waals surface area contributed by atoms with Gasteiger partial charge >= 0.3 is 0 Å². The van der Waals surface area contributed by atoms with Gasteiger partial charge in [0.15, 0.2) is 0 Å². The fourth-order valence-corrected chi connectivity index (χ4v) is 3.70. The lowest BCUT2D eigenvalue weighted by Gasteiger charge is -2.13. The van der Waals surface area contributed by atoms with Crippen molar-refractivity contribution < 1.29 is 9.59 Å². The normalized spacial score (nSPS) is 15.9. The number of nitrogens with zero attached hydrogens (tertiary/aromatic N) is 2. The van der Waals surface area contributed by atoms with Gasteiger partial charge < -0.3 is 10.6 Å². The highest BCUT2D eigenvalue weighted by atomic mass is 127. The van der Waals surface area contributed by atoms with Crippen LogP contribution in [0.5, 0.6) is 0 Å². The molecule has 2 amide bonds. The van der Waals surface area contributed by atoms with Crippen LogP contribution in [-0.4, -0.2) is 33.0 Å². The van der Waals surface area contributed by atoms with E-state index >= 15 is 0 Å². The van der Waals surface area contributed by atoms with E-state index in [2.05, 4.69) is 48.4 Å². The summed E-state index contributed by atoms with van der Waals surface area (Å²) in [4.78, 5) is 29.3. The molecule has 0 unspecified atom stereocenters. The van der Waals surface area contributed by atoms with Gasteiger partial charge in [0.2, 0.25) is 11.7 Å². The summed E-state index contributed by atoms with van der Waals surface area (Å²) < 4.78 is 1.15. The van der Waals surface area contributed by atoms with E-state index in [9.17, 15) is 9.59 Å². The van der Waals surface area contributed by atoms with E-state index in [4.69, 9.17) is 11.6 Å². The molecule has 2 aromatic carbocycles. The molecule has 0 saturated carbocycles. The maximum atomic E-state index is 12.5. The number of aromatic amines is 1. The summed E-state index contributed by atoms with van der Waals surface area (Å²) in [7, 11) is 0. The molecular formula is C20H17ClIN5O2.